The molecule has 1 amide bonds. The molecule has 0 fully saturated rings. The zero-order chi connectivity index (χ0) is 26.3. The van der Waals surface area contributed by atoms with Crippen molar-refractivity contribution in [1.29, 1.82) is 0 Å². The number of hydrogen-bond donors (Lipinski definition) is 2. The van der Waals surface area contributed by atoms with Crippen LogP contribution in [0.4, 0.5) is 5.69 Å². The lowest BCUT2D eigenvalue weighted by Crippen LogP contribution is -2.25. The molecule has 0 aliphatic rings. The molecule has 38 heavy (non-hydrogen) atoms. The Bertz CT molecular complexity index is 1520. The molecular formula is C30H30N6O2. The SMILES string of the molecule is COC(C)Nc1ccccc1-c1nc2cc(C(=O)NCCCn3ccnc3)ccc2nc1-c1ccccc1. The number of anilines is 1. The van der Waals surface area contributed by atoms with Crippen molar-refractivity contribution < 1.29 is 9.53 Å². The Labute approximate surface area is 221 Å². The van der Waals surface area contributed by atoms with Gasteiger partial charge in [-0.3, -0.25) is 4.79 Å². The first-order chi connectivity index (χ1) is 18.6. The maximum Gasteiger partial charge on any atom is 0.251 e. The lowest BCUT2D eigenvalue weighted by atomic mass is 10.0. The van der Waals surface area contributed by atoms with Gasteiger partial charge in [0.25, 0.3) is 5.91 Å². The second-order valence-electron chi connectivity index (χ2n) is 8.97. The molecule has 2 N–H and O–H groups in total. The van der Waals surface area contributed by atoms with Crippen molar-refractivity contribution in [3.8, 4) is 22.5 Å². The number of nitrogens with one attached hydrogen (secondary N) is 2. The quantitative estimate of drug-likeness (QED) is 0.195. The number of imidazole rings is 1. The zero-order valence-corrected chi connectivity index (χ0v) is 21.5. The second-order valence-corrected chi connectivity index (χ2v) is 8.97. The van der Waals surface area contributed by atoms with Crippen molar-refractivity contribution in [3.63, 3.8) is 0 Å². The number of aryl methyl sites for hydroxylation is 1. The molecule has 0 bridgehead atoms. The number of carbonyl (C=O) groups excluding carboxylic acids is 1. The molecule has 8 heteroatoms. The first-order valence-corrected chi connectivity index (χ1v) is 12.6. The highest BCUT2D eigenvalue weighted by Gasteiger charge is 2.18. The molecule has 2 aromatic heterocycles. The average Bonchev–Trinajstić information content (AvgIpc) is 3.48. The maximum absolute atomic E-state index is 12.9. The van der Waals surface area contributed by atoms with Gasteiger partial charge < -0.3 is 19.9 Å². The Kier molecular flexibility index (Phi) is 7.70. The minimum atomic E-state index is -0.186. The van der Waals surface area contributed by atoms with E-state index in [4.69, 9.17) is 14.7 Å². The van der Waals surface area contributed by atoms with E-state index in [0.717, 1.165) is 46.7 Å². The van der Waals surface area contributed by atoms with E-state index in [2.05, 4.69) is 15.6 Å². The van der Waals surface area contributed by atoms with E-state index in [1.54, 1.807) is 31.8 Å². The third-order valence-electron chi connectivity index (χ3n) is 6.31. The van der Waals surface area contributed by atoms with Gasteiger partial charge in [0.15, 0.2) is 0 Å². The van der Waals surface area contributed by atoms with Gasteiger partial charge in [-0.25, -0.2) is 15.0 Å². The van der Waals surface area contributed by atoms with Gasteiger partial charge in [0.1, 0.15) is 6.23 Å². The molecular weight excluding hydrogens is 476 g/mol. The summed E-state index contributed by atoms with van der Waals surface area (Å²) >= 11 is 0. The summed E-state index contributed by atoms with van der Waals surface area (Å²) in [5, 5.41) is 6.40. The van der Waals surface area contributed by atoms with Gasteiger partial charge >= 0.3 is 0 Å². The van der Waals surface area contributed by atoms with Gasteiger partial charge in [0.2, 0.25) is 0 Å². The molecule has 192 valence electrons. The number of para-hydroxylation sites is 1. The summed E-state index contributed by atoms with van der Waals surface area (Å²) in [5.41, 5.74) is 6.18. The van der Waals surface area contributed by atoms with Crippen molar-refractivity contribution in [1.82, 2.24) is 24.8 Å². The van der Waals surface area contributed by atoms with Gasteiger partial charge in [-0.15, -0.1) is 0 Å². The summed E-state index contributed by atoms with van der Waals surface area (Å²) in [6.07, 6.45) is 6.06. The average molecular weight is 507 g/mol. The van der Waals surface area contributed by atoms with Crippen LogP contribution in [0.3, 0.4) is 0 Å². The topological polar surface area (TPSA) is 94.0 Å². The van der Waals surface area contributed by atoms with E-state index in [1.165, 1.54) is 0 Å². The van der Waals surface area contributed by atoms with E-state index >= 15 is 0 Å². The number of rotatable bonds is 10. The standard InChI is InChI=1S/C30H30N6O2/c1-21(38-2)33-25-12-7-6-11-24(25)29-28(22-9-4-3-5-10-22)34-26-14-13-23(19-27(26)35-29)30(37)32-15-8-17-36-18-16-31-20-36/h3-7,9-14,16,18-21,33H,8,15,17H2,1-2H3,(H,32,37). The highest BCUT2D eigenvalue weighted by Crippen LogP contribution is 2.35. The molecule has 8 nitrogen and oxygen atoms in total. The molecule has 0 radical (unpaired) electrons. The number of methoxy groups -OCH3 is 1. The van der Waals surface area contributed by atoms with Gasteiger partial charge in [0.05, 0.1) is 28.7 Å². The molecule has 0 saturated heterocycles. The Balaban J connectivity index is 1.49. The molecule has 3 aromatic carbocycles. The van der Waals surface area contributed by atoms with Crippen LogP contribution in [-0.4, -0.2) is 45.3 Å². The first kappa shape index (κ1) is 25.1. The van der Waals surface area contributed by atoms with Gasteiger partial charge in [-0.1, -0.05) is 48.5 Å². The third-order valence-corrected chi connectivity index (χ3v) is 6.31. The molecule has 5 aromatic rings. The summed E-state index contributed by atoms with van der Waals surface area (Å²) in [7, 11) is 1.66. The zero-order valence-electron chi connectivity index (χ0n) is 21.5. The molecule has 2 heterocycles. The van der Waals surface area contributed by atoms with Crippen LogP contribution in [0.15, 0.2) is 91.5 Å². The van der Waals surface area contributed by atoms with Crippen LogP contribution >= 0.6 is 0 Å². The Hall–Kier alpha value is -4.56. The van der Waals surface area contributed by atoms with Gasteiger partial charge in [0, 0.05) is 55.0 Å². The molecule has 5 rings (SSSR count). The number of benzene rings is 3. The van der Waals surface area contributed by atoms with Crippen molar-refractivity contribution in [3.05, 3.63) is 97.1 Å². The lowest BCUT2D eigenvalue weighted by Gasteiger charge is -2.18. The van der Waals surface area contributed by atoms with Crippen molar-refractivity contribution in [2.24, 2.45) is 0 Å². The lowest BCUT2D eigenvalue weighted by molar-refractivity contribution is 0.0953. The van der Waals surface area contributed by atoms with Crippen LogP contribution in [-0.2, 0) is 11.3 Å². The fraction of sp³-hybridized carbons (Fsp3) is 0.200. The largest absolute Gasteiger partial charge is 0.362 e. The monoisotopic (exact) mass is 506 g/mol. The number of amides is 1. The summed E-state index contributed by atoms with van der Waals surface area (Å²) < 4.78 is 7.43. The molecule has 1 unspecified atom stereocenters. The minimum absolute atomic E-state index is 0.135. The molecule has 1 atom stereocenters. The smallest absolute Gasteiger partial charge is 0.251 e. The number of nitrogens with zero attached hydrogens (tertiary/aromatic N) is 4. The van der Waals surface area contributed by atoms with Crippen LogP contribution < -0.4 is 10.6 Å². The summed E-state index contributed by atoms with van der Waals surface area (Å²) in [4.78, 5) is 27.0. The number of carbonyl (C=O) groups is 1. The van der Waals surface area contributed by atoms with Crippen LogP contribution in [0.2, 0.25) is 0 Å². The van der Waals surface area contributed by atoms with E-state index in [-0.39, 0.29) is 12.1 Å². The summed E-state index contributed by atoms with van der Waals surface area (Å²) in [6.45, 7) is 3.31. The van der Waals surface area contributed by atoms with Crippen LogP contribution in [0.1, 0.15) is 23.7 Å². The molecule has 0 saturated carbocycles. The number of hydrogen-bond acceptors (Lipinski definition) is 6. The van der Waals surface area contributed by atoms with E-state index < -0.39 is 0 Å². The van der Waals surface area contributed by atoms with E-state index in [9.17, 15) is 4.79 Å². The predicted molar refractivity (Wildman–Crippen MR) is 150 cm³/mol. The minimum Gasteiger partial charge on any atom is -0.362 e. The maximum atomic E-state index is 12.9. The van der Waals surface area contributed by atoms with Crippen molar-refractivity contribution >= 4 is 22.6 Å². The molecule has 0 aliphatic carbocycles. The number of fused-ring (bicyclic) bond motifs is 1. The number of ether oxygens (including phenoxy) is 1. The second kappa shape index (κ2) is 11.7. The summed E-state index contributed by atoms with van der Waals surface area (Å²) in [6, 6.07) is 23.4. The fourth-order valence-electron chi connectivity index (χ4n) is 4.26. The Morgan fingerprint density at radius 3 is 2.55 bits per heavy atom. The van der Waals surface area contributed by atoms with Crippen LogP contribution in [0.5, 0.6) is 0 Å². The van der Waals surface area contributed by atoms with Crippen LogP contribution in [0, 0.1) is 0 Å². The van der Waals surface area contributed by atoms with Crippen molar-refractivity contribution in [2.45, 2.75) is 26.1 Å². The first-order valence-electron chi connectivity index (χ1n) is 12.6. The van der Waals surface area contributed by atoms with E-state index in [1.807, 2.05) is 78.4 Å². The highest BCUT2D eigenvalue weighted by atomic mass is 16.5. The van der Waals surface area contributed by atoms with Gasteiger partial charge in [-0.2, -0.15) is 0 Å². The normalized spacial score (nSPS) is 11.8. The van der Waals surface area contributed by atoms with Crippen LogP contribution in [0.25, 0.3) is 33.5 Å². The summed E-state index contributed by atoms with van der Waals surface area (Å²) in [5.74, 6) is -0.135. The van der Waals surface area contributed by atoms with Crippen molar-refractivity contribution in [2.75, 3.05) is 19.0 Å². The fourth-order valence-corrected chi connectivity index (χ4v) is 4.26. The Morgan fingerprint density at radius 2 is 1.76 bits per heavy atom. The predicted octanol–water partition coefficient (Wildman–Crippen LogP) is 5.38. The number of aromatic nitrogens is 4. The third kappa shape index (κ3) is 5.71. The molecule has 0 spiro atoms. The molecule has 0 aliphatic heterocycles. The Morgan fingerprint density at radius 1 is 0.974 bits per heavy atom. The van der Waals surface area contributed by atoms with E-state index in [0.29, 0.717) is 17.6 Å². The highest BCUT2D eigenvalue weighted by molar-refractivity contribution is 5.98. The van der Waals surface area contributed by atoms with Gasteiger partial charge in [-0.05, 0) is 37.6 Å².